The lowest BCUT2D eigenvalue weighted by Crippen LogP contribution is -2.38. The number of halogens is 1. The zero-order valence-electron chi connectivity index (χ0n) is 17.6. The maximum atomic E-state index is 14.6. The summed E-state index contributed by atoms with van der Waals surface area (Å²) >= 11 is 0. The van der Waals surface area contributed by atoms with E-state index >= 15 is 0 Å². The van der Waals surface area contributed by atoms with E-state index in [-0.39, 0.29) is 5.82 Å². The molecule has 8 heteroatoms. The molecule has 2 fully saturated rings. The van der Waals surface area contributed by atoms with Gasteiger partial charge in [-0.15, -0.1) is 0 Å². The monoisotopic (exact) mass is 419 g/mol. The Morgan fingerprint density at radius 3 is 2.87 bits per heavy atom. The Labute approximate surface area is 180 Å². The van der Waals surface area contributed by atoms with Crippen LogP contribution in [0.2, 0.25) is 0 Å². The first-order chi connectivity index (χ1) is 15.2. The van der Waals surface area contributed by atoms with Crippen molar-refractivity contribution < 1.29 is 4.39 Å². The smallest absolute Gasteiger partial charge is 0.159 e. The number of aryl methyl sites for hydroxylation is 1. The summed E-state index contributed by atoms with van der Waals surface area (Å²) in [6, 6.07) is 6.68. The highest BCUT2D eigenvalue weighted by Gasteiger charge is 2.27. The number of hydrogen-bond acceptors (Lipinski definition) is 6. The van der Waals surface area contributed by atoms with Gasteiger partial charge >= 0.3 is 0 Å². The molecule has 2 N–H and O–H groups in total. The van der Waals surface area contributed by atoms with E-state index in [0.29, 0.717) is 35.1 Å². The van der Waals surface area contributed by atoms with Crippen LogP contribution in [0.3, 0.4) is 0 Å². The molecule has 0 spiro atoms. The minimum atomic E-state index is -0.313. The summed E-state index contributed by atoms with van der Waals surface area (Å²) in [7, 11) is 0. The molecular weight excluding hydrogens is 393 g/mol. The number of anilines is 1. The Morgan fingerprint density at radius 2 is 2.13 bits per heavy atom. The largest absolute Gasteiger partial charge is 0.404 e. The Kier molecular flexibility index (Phi) is 5.13. The van der Waals surface area contributed by atoms with E-state index < -0.39 is 0 Å². The summed E-state index contributed by atoms with van der Waals surface area (Å²) in [5.41, 5.74) is 9.72. The Bertz CT molecular complexity index is 1180. The molecule has 1 aromatic carbocycles. The van der Waals surface area contributed by atoms with Crippen molar-refractivity contribution in [3.8, 4) is 11.3 Å². The maximum absolute atomic E-state index is 14.6. The van der Waals surface area contributed by atoms with Crippen molar-refractivity contribution in [2.75, 3.05) is 24.5 Å². The molecule has 2 aliphatic rings. The third-order valence-corrected chi connectivity index (χ3v) is 6.33. The van der Waals surface area contributed by atoms with E-state index in [4.69, 9.17) is 10.7 Å². The summed E-state index contributed by atoms with van der Waals surface area (Å²) in [6.45, 7) is 4.08. The average molecular weight is 420 g/mol. The number of rotatable bonds is 4. The standard InChI is InChI=1S/C23H26FN7/c1-15-29-21(18-7-2-3-8-19(18)24)22-23(27-14-28-31(15)22)30-10-9-17(11-25)20(13-30)26-12-16-5-4-6-16/h2-3,7-8,11,14,16H,4-6,9-10,12-13,25H2,1H3. The number of nitrogens with zero attached hydrogens (tertiary/aromatic N) is 6. The fourth-order valence-electron chi connectivity index (χ4n) is 4.32. The van der Waals surface area contributed by atoms with Crippen LogP contribution in [0.4, 0.5) is 10.2 Å². The van der Waals surface area contributed by atoms with E-state index in [2.05, 4.69) is 20.0 Å². The predicted octanol–water partition coefficient (Wildman–Crippen LogP) is 3.53. The number of imidazole rings is 1. The molecule has 0 unspecified atom stereocenters. The second kappa shape index (κ2) is 8.09. The molecule has 0 atom stereocenters. The summed E-state index contributed by atoms with van der Waals surface area (Å²) < 4.78 is 16.4. The van der Waals surface area contributed by atoms with Gasteiger partial charge in [0.2, 0.25) is 0 Å². The van der Waals surface area contributed by atoms with Crippen LogP contribution in [0, 0.1) is 18.7 Å². The summed E-state index contributed by atoms with van der Waals surface area (Å²) in [5.74, 6) is 1.81. The quantitative estimate of drug-likeness (QED) is 0.699. The Hall–Kier alpha value is -3.29. The predicted molar refractivity (Wildman–Crippen MR) is 120 cm³/mol. The number of hydrogen-bond donors (Lipinski definition) is 1. The van der Waals surface area contributed by atoms with E-state index in [1.807, 2.05) is 13.0 Å². The number of nitrogens with two attached hydrogens (primary N) is 1. The minimum Gasteiger partial charge on any atom is -0.404 e. The fourth-order valence-corrected chi connectivity index (χ4v) is 4.32. The summed E-state index contributed by atoms with van der Waals surface area (Å²) in [6.07, 6.45) is 7.82. The van der Waals surface area contributed by atoms with Gasteiger partial charge in [0.05, 0.1) is 12.3 Å². The molecule has 3 aromatic rings. The van der Waals surface area contributed by atoms with Crippen LogP contribution in [-0.4, -0.2) is 44.9 Å². The number of benzene rings is 1. The number of aromatic nitrogens is 4. The van der Waals surface area contributed by atoms with Crippen LogP contribution in [0.15, 0.2) is 47.4 Å². The molecule has 0 radical (unpaired) electrons. The van der Waals surface area contributed by atoms with Crippen LogP contribution in [0.25, 0.3) is 16.8 Å². The average Bonchev–Trinajstić information content (AvgIpc) is 3.09. The number of fused-ring (bicyclic) bond motifs is 1. The molecule has 7 nitrogen and oxygen atoms in total. The van der Waals surface area contributed by atoms with Crippen LogP contribution in [-0.2, 0) is 0 Å². The Balaban J connectivity index is 1.56. The lowest BCUT2D eigenvalue weighted by Gasteiger charge is -2.31. The maximum Gasteiger partial charge on any atom is 0.159 e. The van der Waals surface area contributed by atoms with Crippen LogP contribution in [0.1, 0.15) is 31.5 Å². The van der Waals surface area contributed by atoms with Crippen molar-refractivity contribution in [3.63, 3.8) is 0 Å². The van der Waals surface area contributed by atoms with Gasteiger partial charge in [0.1, 0.15) is 29.2 Å². The fraction of sp³-hybridized carbons (Fsp3) is 0.391. The molecule has 2 aromatic heterocycles. The van der Waals surface area contributed by atoms with E-state index in [0.717, 1.165) is 36.6 Å². The van der Waals surface area contributed by atoms with Crippen LogP contribution < -0.4 is 10.6 Å². The molecule has 160 valence electrons. The molecule has 3 heterocycles. The highest BCUT2D eigenvalue weighted by Crippen LogP contribution is 2.33. The highest BCUT2D eigenvalue weighted by molar-refractivity contribution is 6.05. The van der Waals surface area contributed by atoms with Gasteiger partial charge in [-0.25, -0.2) is 18.9 Å². The van der Waals surface area contributed by atoms with Crippen molar-refractivity contribution >= 4 is 17.0 Å². The second-order valence-electron chi connectivity index (χ2n) is 8.28. The van der Waals surface area contributed by atoms with Crippen molar-refractivity contribution in [2.45, 2.75) is 32.6 Å². The SMILES string of the molecule is Cc1nc(-c2ccccc2F)c2c(N3CCC(=CN)C(=NCC4CCC4)C3)ncnn12. The third-order valence-electron chi connectivity index (χ3n) is 6.33. The van der Waals surface area contributed by atoms with Crippen molar-refractivity contribution in [1.29, 1.82) is 0 Å². The van der Waals surface area contributed by atoms with Crippen molar-refractivity contribution in [1.82, 2.24) is 19.6 Å². The molecule has 1 aliphatic carbocycles. The molecule has 0 bridgehead atoms. The third kappa shape index (κ3) is 3.56. The second-order valence-corrected chi connectivity index (χ2v) is 8.28. The van der Waals surface area contributed by atoms with Gasteiger partial charge in [-0.05, 0) is 56.0 Å². The zero-order valence-corrected chi connectivity index (χ0v) is 17.6. The molecule has 0 amide bonds. The summed E-state index contributed by atoms with van der Waals surface area (Å²) in [4.78, 5) is 16.3. The van der Waals surface area contributed by atoms with Crippen LogP contribution >= 0.6 is 0 Å². The van der Waals surface area contributed by atoms with Gasteiger partial charge in [-0.2, -0.15) is 5.10 Å². The van der Waals surface area contributed by atoms with Gasteiger partial charge in [-0.1, -0.05) is 18.6 Å². The first-order valence-electron chi connectivity index (χ1n) is 10.8. The lowest BCUT2D eigenvalue weighted by atomic mass is 9.85. The molecular formula is C23H26FN7. The van der Waals surface area contributed by atoms with Gasteiger partial charge in [0, 0.05) is 18.7 Å². The highest BCUT2D eigenvalue weighted by atomic mass is 19.1. The topological polar surface area (TPSA) is 84.7 Å². The van der Waals surface area contributed by atoms with Gasteiger partial charge < -0.3 is 10.6 Å². The van der Waals surface area contributed by atoms with Crippen molar-refractivity contribution in [2.24, 2.45) is 16.6 Å². The van der Waals surface area contributed by atoms with E-state index in [9.17, 15) is 4.39 Å². The normalized spacial score (nSPS) is 20.0. The van der Waals surface area contributed by atoms with Gasteiger partial charge in [0.15, 0.2) is 5.82 Å². The molecule has 1 saturated carbocycles. The molecule has 1 aliphatic heterocycles. The number of piperidine rings is 1. The van der Waals surface area contributed by atoms with E-state index in [1.54, 1.807) is 22.8 Å². The summed E-state index contributed by atoms with van der Waals surface area (Å²) in [5, 5.41) is 4.37. The van der Waals surface area contributed by atoms with Gasteiger partial charge in [-0.3, -0.25) is 4.99 Å². The zero-order chi connectivity index (χ0) is 21.4. The molecule has 1 saturated heterocycles. The van der Waals surface area contributed by atoms with Crippen molar-refractivity contribution in [3.05, 3.63) is 54.0 Å². The van der Waals surface area contributed by atoms with Crippen LogP contribution in [0.5, 0.6) is 0 Å². The van der Waals surface area contributed by atoms with E-state index in [1.165, 1.54) is 31.7 Å². The minimum absolute atomic E-state index is 0.313. The van der Waals surface area contributed by atoms with Gasteiger partial charge in [0.25, 0.3) is 0 Å². The Morgan fingerprint density at radius 1 is 1.29 bits per heavy atom. The first kappa shape index (κ1) is 19.7. The lowest BCUT2D eigenvalue weighted by molar-refractivity contribution is 0.326. The first-order valence-corrected chi connectivity index (χ1v) is 10.8. The molecule has 5 rings (SSSR count). The number of aliphatic imine (C=N–C) groups is 1. The molecule has 31 heavy (non-hydrogen) atoms.